The predicted molar refractivity (Wildman–Crippen MR) is 135 cm³/mol. The van der Waals surface area contributed by atoms with Gasteiger partial charge in [-0.05, 0) is 54.4 Å². The third kappa shape index (κ3) is 2.35. The van der Waals surface area contributed by atoms with Gasteiger partial charge in [-0.1, -0.05) is 66.7 Å². The number of hydrogen-bond donors (Lipinski definition) is 1. The smallest absolute Gasteiger partial charge is 0.247 e. The molecule has 2 bridgehead atoms. The van der Waals surface area contributed by atoms with E-state index >= 15 is 0 Å². The predicted octanol–water partition coefficient (Wildman–Crippen LogP) is 6.22. The number of benzene rings is 4. The fraction of sp³-hybridized carbons (Fsp3) is 0.233. The highest BCUT2D eigenvalue weighted by Crippen LogP contribution is 2.65. The van der Waals surface area contributed by atoms with E-state index in [1.54, 1.807) is 0 Å². The Morgan fingerprint density at radius 3 is 2.50 bits per heavy atom. The van der Waals surface area contributed by atoms with Gasteiger partial charge in [-0.2, -0.15) is 0 Å². The molecule has 4 aromatic rings. The van der Waals surface area contributed by atoms with Gasteiger partial charge in [-0.3, -0.25) is 4.79 Å². The van der Waals surface area contributed by atoms with Crippen molar-refractivity contribution in [3.8, 4) is 5.75 Å². The molecular formula is C30H26N2O2. The number of fused-ring (bicyclic) bond motifs is 7. The fourth-order valence-corrected chi connectivity index (χ4v) is 6.68. The molecule has 1 saturated heterocycles. The van der Waals surface area contributed by atoms with Crippen molar-refractivity contribution in [1.82, 2.24) is 0 Å². The molecule has 3 heterocycles. The number of anilines is 2. The van der Waals surface area contributed by atoms with Gasteiger partial charge in [0.25, 0.3) is 0 Å². The molecule has 4 heteroatoms. The molecule has 7 rings (SSSR count). The molecule has 3 aliphatic rings. The van der Waals surface area contributed by atoms with E-state index in [0.29, 0.717) is 0 Å². The summed E-state index contributed by atoms with van der Waals surface area (Å²) in [4.78, 5) is 16.3. The molecular weight excluding hydrogens is 420 g/mol. The maximum atomic E-state index is 14.1. The number of para-hydroxylation sites is 2. The summed E-state index contributed by atoms with van der Waals surface area (Å²) in [6.07, 6.45) is 0.766. The summed E-state index contributed by atoms with van der Waals surface area (Å²) < 4.78 is 7.02. The van der Waals surface area contributed by atoms with Crippen LogP contribution in [0.2, 0.25) is 0 Å². The minimum absolute atomic E-state index is 0.00922. The number of nitrogens with zero attached hydrogens (tertiary/aromatic N) is 1. The van der Waals surface area contributed by atoms with Crippen molar-refractivity contribution < 1.29 is 9.53 Å². The highest BCUT2D eigenvalue weighted by atomic mass is 16.5. The monoisotopic (exact) mass is 446 g/mol. The van der Waals surface area contributed by atoms with Gasteiger partial charge in [-0.15, -0.1) is 0 Å². The van der Waals surface area contributed by atoms with Gasteiger partial charge in [0.2, 0.25) is 5.91 Å². The van der Waals surface area contributed by atoms with Crippen LogP contribution in [0.15, 0.2) is 91.0 Å². The zero-order valence-corrected chi connectivity index (χ0v) is 19.3. The molecule has 3 atom stereocenters. The summed E-state index contributed by atoms with van der Waals surface area (Å²) in [6.45, 7) is 4.51. The number of carbonyl (C=O) groups is 1. The van der Waals surface area contributed by atoms with Crippen molar-refractivity contribution in [1.29, 1.82) is 0 Å². The second kappa shape index (κ2) is 6.63. The second-order valence-corrected chi connectivity index (χ2v) is 10.2. The van der Waals surface area contributed by atoms with Crippen LogP contribution >= 0.6 is 0 Å². The molecule has 4 aromatic carbocycles. The highest BCUT2D eigenvalue weighted by molar-refractivity contribution is 6.01. The van der Waals surface area contributed by atoms with Crippen molar-refractivity contribution in [2.45, 2.75) is 43.4 Å². The summed E-state index contributed by atoms with van der Waals surface area (Å²) in [6, 6.07) is 30.5. The standard InChI is InChI=1S/C30H26N2O2/c1-29(2)23-14-8-9-15-24(23)32-27(28(33)31-20-11-4-3-5-12-20)22-18-30(29,32)34-25-17-16-19-10-6-7-13-21(19)26(22)25/h3-17,22,27H,18H2,1-2H3,(H,31,33)/t22-,27+,30+/m0/s1. The van der Waals surface area contributed by atoms with E-state index in [1.807, 2.05) is 30.3 Å². The molecule has 0 aliphatic carbocycles. The molecule has 1 amide bonds. The average molecular weight is 447 g/mol. The Hall–Kier alpha value is -3.79. The first-order chi connectivity index (χ1) is 16.5. The zero-order valence-electron chi connectivity index (χ0n) is 19.3. The summed E-state index contributed by atoms with van der Waals surface area (Å²) in [5, 5.41) is 5.55. The van der Waals surface area contributed by atoms with Gasteiger partial charge in [0.1, 0.15) is 11.8 Å². The largest absolute Gasteiger partial charge is 0.467 e. The van der Waals surface area contributed by atoms with Gasteiger partial charge < -0.3 is 15.0 Å². The van der Waals surface area contributed by atoms with E-state index < -0.39 is 5.72 Å². The van der Waals surface area contributed by atoms with E-state index in [4.69, 9.17) is 4.74 Å². The first-order valence-electron chi connectivity index (χ1n) is 12.0. The molecule has 3 aliphatic heterocycles. The molecule has 1 N–H and O–H groups in total. The summed E-state index contributed by atoms with van der Waals surface area (Å²) in [5.41, 5.74) is 3.39. The van der Waals surface area contributed by atoms with Crippen LogP contribution in [-0.2, 0) is 10.2 Å². The lowest BCUT2D eigenvalue weighted by molar-refractivity contribution is -0.117. The number of carbonyl (C=O) groups excluding carboxylic acids is 1. The van der Waals surface area contributed by atoms with E-state index in [-0.39, 0.29) is 23.3 Å². The Labute approximate surface area is 199 Å². The van der Waals surface area contributed by atoms with Crippen LogP contribution in [0.5, 0.6) is 5.75 Å². The Morgan fingerprint density at radius 1 is 0.912 bits per heavy atom. The Balaban J connectivity index is 1.46. The molecule has 0 unspecified atom stereocenters. The van der Waals surface area contributed by atoms with E-state index in [1.165, 1.54) is 16.3 Å². The number of nitrogens with one attached hydrogen (secondary N) is 1. The van der Waals surface area contributed by atoms with Crippen LogP contribution in [0.25, 0.3) is 10.8 Å². The second-order valence-electron chi connectivity index (χ2n) is 10.2. The van der Waals surface area contributed by atoms with Gasteiger partial charge >= 0.3 is 0 Å². The van der Waals surface area contributed by atoms with Gasteiger partial charge in [0.15, 0.2) is 5.72 Å². The maximum absolute atomic E-state index is 14.1. The number of ether oxygens (including phenoxy) is 1. The zero-order chi connectivity index (χ0) is 23.1. The maximum Gasteiger partial charge on any atom is 0.247 e. The third-order valence-electron chi connectivity index (χ3n) is 8.25. The summed E-state index contributed by atoms with van der Waals surface area (Å²) >= 11 is 0. The van der Waals surface area contributed by atoms with E-state index in [2.05, 4.69) is 84.7 Å². The minimum atomic E-state index is -0.616. The molecule has 34 heavy (non-hydrogen) atoms. The fourth-order valence-electron chi connectivity index (χ4n) is 6.68. The van der Waals surface area contributed by atoms with E-state index in [9.17, 15) is 4.79 Å². The number of rotatable bonds is 2. The van der Waals surface area contributed by atoms with Gasteiger partial charge in [0.05, 0.1) is 5.41 Å². The molecule has 1 fully saturated rings. The molecule has 4 nitrogen and oxygen atoms in total. The Morgan fingerprint density at radius 2 is 1.65 bits per heavy atom. The van der Waals surface area contributed by atoms with Crippen LogP contribution in [0, 0.1) is 0 Å². The van der Waals surface area contributed by atoms with Crippen molar-refractivity contribution in [3.63, 3.8) is 0 Å². The van der Waals surface area contributed by atoms with Crippen molar-refractivity contribution >= 4 is 28.1 Å². The lowest BCUT2D eigenvalue weighted by Crippen LogP contribution is -2.59. The molecule has 0 saturated carbocycles. The van der Waals surface area contributed by atoms with Crippen molar-refractivity contribution in [3.05, 3.63) is 102 Å². The van der Waals surface area contributed by atoms with Crippen LogP contribution < -0.4 is 15.0 Å². The van der Waals surface area contributed by atoms with Gasteiger partial charge in [-0.25, -0.2) is 0 Å². The van der Waals surface area contributed by atoms with Gasteiger partial charge in [0, 0.05) is 29.3 Å². The molecule has 0 radical (unpaired) electrons. The lowest BCUT2D eigenvalue weighted by atomic mass is 9.72. The highest BCUT2D eigenvalue weighted by Gasteiger charge is 2.70. The third-order valence-corrected chi connectivity index (χ3v) is 8.25. The first-order valence-corrected chi connectivity index (χ1v) is 12.0. The Kier molecular flexibility index (Phi) is 3.83. The van der Waals surface area contributed by atoms with E-state index in [0.717, 1.165) is 29.1 Å². The van der Waals surface area contributed by atoms with Crippen LogP contribution in [0.1, 0.15) is 37.3 Å². The average Bonchev–Trinajstić information content (AvgIpc) is 3.23. The number of amides is 1. The molecule has 168 valence electrons. The van der Waals surface area contributed by atoms with Crippen molar-refractivity contribution in [2.75, 3.05) is 10.2 Å². The summed E-state index contributed by atoms with van der Waals surface area (Å²) in [7, 11) is 0. The van der Waals surface area contributed by atoms with Crippen LogP contribution in [0.3, 0.4) is 0 Å². The SMILES string of the molecule is CC1(C)c2ccccc2N2[C@@H](C(=O)Nc3ccccc3)[C@H]3C[C@]21Oc1ccc2ccccc2c13. The lowest BCUT2D eigenvalue weighted by Gasteiger charge is -2.45. The van der Waals surface area contributed by atoms with Crippen LogP contribution in [-0.4, -0.2) is 17.7 Å². The number of hydrogen-bond acceptors (Lipinski definition) is 3. The normalized spacial score (nSPS) is 25.3. The topological polar surface area (TPSA) is 41.6 Å². The molecule has 0 aromatic heterocycles. The minimum Gasteiger partial charge on any atom is -0.467 e. The first kappa shape index (κ1) is 19.7. The quantitative estimate of drug-likeness (QED) is 0.397. The Bertz CT molecular complexity index is 1460. The van der Waals surface area contributed by atoms with Crippen molar-refractivity contribution in [2.24, 2.45) is 0 Å². The van der Waals surface area contributed by atoms with Crippen LogP contribution in [0.4, 0.5) is 11.4 Å². The summed E-state index contributed by atoms with van der Waals surface area (Å²) in [5.74, 6) is 0.928. The molecule has 1 spiro atoms.